The molecule has 1 rings (SSSR count). The van der Waals surface area contributed by atoms with E-state index in [9.17, 15) is 4.79 Å². The van der Waals surface area contributed by atoms with Gasteiger partial charge in [0.15, 0.2) is 0 Å². The number of Topliss-reactive ketones (excluding diaryl/α,β-unsaturated/α-hetero) is 1. The normalized spacial score (nSPS) is 12.8. The van der Waals surface area contributed by atoms with Gasteiger partial charge in [0.2, 0.25) is 0 Å². The van der Waals surface area contributed by atoms with Gasteiger partial charge in [0, 0.05) is 23.8 Å². The highest BCUT2D eigenvalue weighted by Gasteiger charge is 2.12. The fourth-order valence-corrected chi connectivity index (χ4v) is 2.02. The third kappa shape index (κ3) is 3.10. The molecule has 0 aliphatic rings. The summed E-state index contributed by atoms with van der Waals surface area (Å²) in [5, 5.41) is 0. The van der Waals surface area contributed by atoms with Crippen molar-refractivity contribution in [3.8, 4) is 0 Å². The Morgan fingerprint density at radius 1 is 1.69 bits per heavy atom. The summed E-state index contributed by atoms with van der Waals surface area (Å²) in [5.74, 6) is 0.127. The van der Waals surface area contributed by atoms with Gasteiger partial charge in [-0.3, -0.25) is 4.79 Å². The van der Waals surface area contributed by atoms with Gasteiger partial charge in [-0.15, -0.1) is 11.3 Å². The fraction of sp³-hybridized carbons (Fsp3) is 0.444. The third-order valence-electron chi connectivity index (χ3n) is 1.88. The minimum Gasteiger partial charge on any atom is -0.330 e. The average molecular weight is 218 g/mol. The first-order valence-corrected chi connectivity index (χ1v) is 5.30. The molecule has 1 aromatic heterocycles. The van der Waals surface area contributed by atoms with E-state index < -0.39 is 0 Å². The largest absolute Gasteiger partial charge is 0.330 e. The highest BCUT2D eigenvalue weighted by Crippen LogP contribution is 2.22. The third-order valence-corrected chi connectivity index (χ3v) is 3.11. The van der Waals surface area contributed by atoms with Crippen molar-refractivity contribution in [3.05, 3.63) is 21.3 Å². The molecule has 0 spiro atoms. The Kier molecular flexibility index (Phi) is 3.90. The summed E-state index contributed by atoms with van der Waals surface area (Å²) in [6.07, 6.45) is 0.454. The second kappa shape index (κ2) is 4.74. The first-order valence-electron chi connectivity index (χ1n) is 4.10. The highest BCUT2D eigenvalue weighted by atomic mass is 35.5. The molecule has 72 valence electrons. The molecule has 0 amide bonds. The van der Waals surface area contributed by atoms with Gasteiger partial charge in [0.25, 0.3) is 0 Å². The van der Waals surface area contributed by atoms with Crippen LogP contribution in [-0.4, -0.2) is 12.3 Å². The van der Waals surface area contributed by atoms with Crippen LogP contribution in [0.2, 0.25) is 4.34 Å². The highest BCUT2D eigenvalue weighted by molar-refractivity contribution is 7.16. The summed E-state index contributed by atoms with van der Waals surface area (Å²) >= 11 is 7.19. The average Bonchev–Trinajstić information content (AvgIpc) is 2.49. The summed E-state index contributed by atoms with van der Waals surface area (Å²) in [6.45, 7) is 2.26. The van der Waals surface area contributed by atoms with Crippen LogP contribution in [0.3, 0.4) is 0 Å². The first-order chi connectivity index (χ1) is 6.13. The van der Waals surface area contributed by atoms with E-state index in [1.807, 2.05) is 19.1 Å². The SMILES string of the molecule is CC(CN)C(=O)Cc1ccc(Cl)s1. The van der Waals surface area contributed by atoms with E-state index in [2.05, 4.69) is 0 Å². The van der Waals surface area contributed by atoms with E-state index in [-0.39, 0.29) is 11.7 Å². The van der Waals surface area contributed by atoms with Crippen molar-refractivity contribution in [1.29, 1.82) is 0 Å². The van der Waals surface area contributed by atoms with Gasteiger partial charge < -0.3 is 5.73 Å². The first kappa shape index (κ1) is 10.7. The second-order valence-corrected chi connectivity index (χ2v) is 4.79. The van der Waals surface area contributed by atoms with Gasteiger partial charge in [0.1, 0.15) is 5.78 Å². The molecule has 4 heteroatoms. The zero-order valence-corrected chi connectivity index (χ0v) is 8.99. The number of nitrogens with two attached hydrogens (primary N) is 1. The van der Waals surface area contributed by atoms with Crippen LogP contribution in [0.25, 0.3) is 0 Å². The van der Waals surface area contributed by atoms with E-state index in [1.54, 1.807) is 0 Å². The van der Waals surface area contributed by atoms with Gasteiger partial charge >= 0.3 is 0 Å². The minimum absolute atomic E-state index is 0.0547. The maximum absolute atomic E-state index is 11.4. The van der Waals surface area contributed by atoms with Crippen molar-refractivity contribution >= 4 is 28.7 Å². The standard InChI is InChI=1S/C9H12ClNOS/c1-6(5-11)8(12)4-7-2-3-9(10)13-7/h2-3,6H,4-5,11H2,1H3. The lowest BCUT2D eigenvalue weighted by atomic mass is 10.0. The van der Waals surface area contributed by atoms with Crippen LogP contribution in [0.4, 0.5) is 0 Å². The number of carbonyl (C=O) groups is 1. The number of halogens is 1. The Bertz CT molecular complexity index is 298. The summed E-state index contributed by atoms with van der Waals surface area (Å²) in [7, 11) is 0. The maximum Gasteiger partial charge on any atom is 0.142 e. The maximum atomic E-state index is 11.4. The predicted octanol–water partition coefficient (Wildman–Crippen LogP) is 2.11. The van der Waals surface area contributed by atoms with Crippen LogP contribution in [-0.2, 0) is 11.2 Å². The Morgan fingerprint density at radius 2 is 2.38 bits per heavy atom. The van der Waals surface area contributed by atoms with E-state index in [4.69, 9.17) is 17.3 Å². The Labute approximate surface area is 86.7 Å². The van der Waals surface area contributed by atoms with Crippen LogP contribution in [0.15, 0.2) is 12.1 Å². The smallest absolute Gasteiger partial charge is 0.142 e. The second-order valence-electron chi connectivity index (χ2n) is 2.99. The van der Waals surface area contributed by atoms with Crippen molar-refractivity contribution in [2.45, 2.75) is 13.3 Å². The zero-order chi connectivity index (χ0) is 9.84. The van der Waals surface area contributed by atoms with Crippen LogP contribution < -0.4 is 5.73 Å². The van der Waals surface area contributed by atoms with Crippen molar-refractivity contribution in [3.63, 3.8) is 0 Å². The predicted molar refractivity (Wildman–Crippen MR) is 56.3 cm³/mol. The van der Waals surface area contributed by atoms with Crippen molar-refractivity contribution < 1.29 is 4.79 Å². The quantitative estimate of drug-likeness (QED) is 0.840. The van der Waals surface area contributed by atoms with Crippen LogP contribution >= 0.6 is 22.9 Å². The molecule has 0 fully saturated rings. The molecule has 0 bridgehead atoms. The van der Waals surface area contributed by atoms with Gasteiger partial charge in [-0.05, 0) is 12.1 Å². The van der Waals surface area contributed by atoms with E-state index >= 15 is 0 Å². The number of ketones is 1. The molecule has 0 aliphatic heterocycles. The molecule has 2 nitrogen and oxygen atoms in total. The molecule has 0 saturated carbocycles. The lowest BCUT2D eigenvalue weighted by molar-refractivity contribution is -0.121. The molecule has 2 N–H and O–H groups in total. The minimum atomic E-state index is -0.0547. The fourth-order valence-electron chi connectivity index (χ4n) is 0.924. The Hall–Kier alpha value is -0.380. The summed E-state index contributed by atoms with van der Waals surface area (Å²) in [5.41, 5.74) is 5.39. The molecule has 1 heterocycles. The van der Waals surface area contributed by atoms with Gasteiger partial charge in [0.05, 0.1) is 4.34 Å². The molecular formula is C9H12ClNOS. The molecule has 1 aromatic rings. The summed E-state index contributed by atoms with van der Waals surface area (Å²) in [4.78, 5) is 12.4. The monoisotopic (exact) mass is 217 g/mol. The molecule has 1 unspecified atom stereocenters. The van der Waals surface area contributed by atoms with Crippen molar-refractivity contribution in [2.75, 3.05) is 6.54 Å². The Morgan fingerprint density at radius 3 is 2.85 bits per heavy atom. The van der Waals surface area contributed by atoms with Crippen LogP contribution in [0.1, 0.15) is 11.8 Å². The molecule has 0 aliphatic carbocycles. The van der Waals surface area contributed by atoms with Gasteiger partial charge in [-0.1, -0.05) is 18.5 Å². The van der Waals surface area contributed by atoms with E-state index in [1.165, 1.54) is 11.3 Å². The Balaban J connectivity index is 2.54. The van der Waals surface area contributed by atoms with Crippen molar-refractivity contribution in [1.82, 2.24) is 0 Å². The number of hydrogen-bond donors (Lipinski definition) is 1. The molecule has 0 saturated heterocycles. The van der Waals surface area contributed by atoms with Crippen LogP contribution in [0, 0.1) is 5.92 Å². The molecule has 0 radical (unpaired) electrons. The summed E-state index contributed by atoms with van der Waals surface area (Å²) in [6, 6.07) is 3.69. The lowest BCUT2D eigenvalue weighted by Crippen LogP contribution is -2.21. The van der Waals surface area contributed by atoms with Gasteiger partial charge in [-0.2, -0.15) is 0 Å². The number of rotatable bonds is 4. The number of hydrogen-bond acceptors (Lipinski definition) is 3. The number of carbonyl (C=O) groups excluding carboxylic acids is 1. The molecule has 13 heavy (non-hydrogen) atoms. The van der Waals surface area contributed by atoms with Crippen molar-refractivity contribution in [2.24, 2.45) is 11.7 Å². The molecular weight excluding hydrogens is 206 g/mol. The lowest BCUT2D eigenvalue weighted by Gasteiger charge is -2.04. The number of thiophene rings is 1. The molecule has 1 atom stereocenters. The van der Waals surface area contributed by atoms with Gasteiger partial charge in [-0.25, -0.2) is 0 Å². The van der Waals surface area contributed by atoms with Crippen LogP contribution in [0.5, 0.6) is 0 Å². The van der Waals surface area contributed by atoms with E-state index in [0.717, 1.165) is 9.21 Å². The molecule has 0 aromatic carbocycles. The topological polar surface area (TPSA) is 43.1 Å². The van der Waals surface area contributed by atoms with E-state index in [0.29, 0.717) is 13.0 Å². The summed E-state index contributed by atoms with van der Waals surface area (Å²) < 4.78 is 0.725. The zero-order valence-electron chi connectivity index (χ0n) is 7.42.